The van der Waals surface area contributed by atoms with Crippen molar-refractivity contribution < 1.29 is 37.1 Å². The van der Waals surface area contributed by atoms with E-state index in [1.165, 1.54) is 37.8 Å². The second kappa shape index (κ2) is 10.9. The summed E-state index contributed by atoms with van der Waals surface area (Å²) in [5.41, 5.74) is 6.02. The van der Waals surface area contributed by atoms with Crippen molar-refractivity contribution in [2.75, 3.05) is 33.7 Å². The minimum absolute atomic E-state index is 0.0128. The lowest BCUT2D eigenvalue weighted by Crippen LogP contribution is -2.35. The van der Waals surface area contributed by atoms with Gasteiger partial charge in [-0.3, -0.25) is 9.52 Å². The molecule has 1 amide bonds. The molecular formula is C23H28FN5O7S. The fourth-order valence-electron chi connectivity index (χ4n) is 4.11. The molecule has 2 aliphatic rings. The predicted octanol–water partition coefficient (Wildman–Crippen LogP) is 0.779. The van der Waals surface area contributed by atoms with Gasteiger partial charge in [0.2, 0.25) is 0 Å². The van der Waals surface area contributed by atoms with Crippen molar-refractivity contribution in [1.82, 2.24) is 9.71 Å². The van der Waals surface area contributed by atoms with Gasteiger partial charge in [0.1, 0.15) is 46.8 Å². The Hall–Kier alpha value is -3.46. The number of amidine groups is 1. The molecule has 0 bridgehead atoms. The zero-order valence-electron chi connectivity index (χ0n) is 20.4. The van der Waals surface area contributed by atoms with Crippen molar-refractivity contribution in [3.8, 4) is 11.5 Å². The molecule has 1 aromatic heterocycles. The normalized spacial score (nSPS) is 25.1. The highest BCUT2D eigenvalue weighted by Gasteiger charge is 2.49. The SMILES string of the molecule is C=S(C)(=O)NC(=O)c1c[nH]c(C(N=CN)=Nc2ccc(F)cc2OC2COC3C(OC)COC23)c1OC. The molecule has 14 heteroatoms. The van der Waals surface area contributed by atoms with E-state index in [2.05, 4.69) is 25.6 Å². The average molecular weight is 538 g/mol. The van der Waals surface area contributed by atoms with Crippen molar-refractivity contribution in [2.24, 2.45) is 15.7 Å². The van der Waals surface area contributed by atoms with Crippen molar-refractivity contribution in [2.45, 2.75) is 24.4 Å². The lowest BCUT2D eigenvalue weighted by Gasteiger charge is -2.19. The van der Waals surface area contributed by atoms with E-state index >= 15 is 0 Å². The maximum atomic E-state index is 14.2. The molecule has 1 aromatic carbocycles. The number of aromatic nitrogens is 1. The van der Waals surface area contributed by atoms with E-state index in [0.717, 1.165) is 6.34 Å². The monoisotopic (exact) mass is 537 g/mol. The van der Waals surface area contributed by atoms with Crippen molar-refractivity contribution in [3.63, 3.8) is 0 Å². The second-order valence-electron chi connectivity index (χ2n) is 8.40. The molecule has 2 aliphatic heterocycles. The Bertz CT molecular complexity index is 1330. The standard InChI is InChI=1S/C23H28FN5O7S/c1-32-16-9-34-21-17(10-35-20(16)21)36-15-7-12(24)5-6-14(15)28-22(27-11-25)18-19(33-2)13(8-26-18)23(30)29-37(3,4)31/h5-8,11,16-17,20-21,26H,3,9-10H2,1-2,4H3,(H2,25,27,28)(H,29,30,31). The molecule has 5 atom stereocenters. The van der Waals surface area contributed by atoms with E-state index in [1.807, 2.05) is 0 Å². The summed E-state index contributed by atoms with van der Waals surface area (Å²) < 4.78 is 56.9. The summed E-state index contributed by atoms with van der Waals surface area (Å²) in [5, 5.41) is 0. The molecule has 0 radical (unpaired) electrons. The van der Waals surface area contributed by atoms with Crippen LogP contribution in [0.1, 0.15) is 16.1 Å². The first-order valence-corrected chi connectivity index (χ1v) is 13.2. The largest absolute Gasteiger partial charge is 0.494 e. The number of nitrogens with zero attached hydrogens (tertiary/aromatic N) is 2. The van der Waals surface area contributed by atoms with Gasteiger partial charge in [0, 0.05) is 35.3 Å². The summed E-state index contributed by atoms with van der Waals surface area (Å²) in [6.45, 7) is 0.581. The van der Waals surface area contributed by atoms with E-state index in [-0.39, 0.29) is 53.1 Å². The molecule has 3 heterocycles. The van der Waals surface area contributed by atoms with Gasteiger partial charge in [-0.25, -0.2) is 18.6 Å². The molecule has 5 unspecified atom stereocenters. The summed E-state index contributed by atoms with van der Waals surface area (Å²) in [6.07, 6.45) is 2.21. The van der Waals surface area contributed by atoms with Gasteiger partial charge in [-0.05, 0) is 18.0 Å². The Morgan fingerprint density at radius 1 is 1.30 bits per heavy atom. The third-order valence-corrected chi connectivity index (χ3v) is 6.32. The highest BCUT2D eigenvalue weighted by atomic mass is 32.2. The molecule has 0 saturated carbocycles. The maximum Gasteiger partial charge on any atom is 0.267 e. The van der Waals surface area contributed by atoms with E-state index in [1.54, 1.807) is 7.11 Å². The van der Waals surface area contributed by atoms with Crippen LogP contribution in [0.4, 0.5) is 10.1 Å². The number of fused-ring (bicyclic) bond motifs is 1. The van der Waals surface area contributed by atoms with E-state index in [4.69, 9.17) is 29.4 Å². The number of halogens is 1. The minimum Gasteiger partial charge on any atom is -0.494 e. The number of hydrogen-bond donors (Lipinski definition) is 3. The number of hydrogen-bond acceptors (Lipinski definition) is 8. The fourth-order valence-corrected chi connectivity index (χ4v) is 4.61. The third-order valence-electron chi connectivity index (χ3n) is 5.70. The van der Waals surface area contributed by atoms with Crippen LogP contribution < -0.4 is 19.9 Å². The van der Waals surface area contributed by atoms with Crippen LogP contribution in [0, 0.1) is 5.82 Å². The van der Waals surface area contributed by atoms with Crippen LogP contribution in [-0.2, 0) is 23.9 Å². The Balaban J connectivity index is 1.68. The molecule has 4 N–H and O–H groups in total. The van der Waals surface area contributed by atoms with Gasteiger partial charge in [-0.1, -0.05) is 0 Å². The average Bonchev–Trinajstić information content (AvgIpc) is 3.54. The summed E-state index contributed by atoms with van der Waals surface area (Å²) in [7, 11) is 0.0972. The van der Waals surface area contributed by atoms with Gasteiger partial charge in [-0.2, -0.15) is 0 Å². The van der Waals surface area contributed by atoms with Crippen molar-refractivity contribution in [3.05, 3.63) is 41.5 Å². The van der Waals surface area contributed by atoms with Crippen LogP contribution >= 0.6 is 0 Å². The number of nitrogens with one attached hydrogen (secondary N) is 2. The van der Waals surface area contributed by atoms with Gasteiger partial charge in [0.25, 0.3) is 5.91 Å². The lowest BCUT2D eigenvalue weighted by atomic mass is 10.1. The van der Waals surface area contributed by atoms with E-state index < -0.39 is 33.6 Å². The van der Waals surface area contributed by atoms with Crippen LogP contribution in [0.3, 0.4) is 0 Å². The highest BCUT2D eigenvalue weighted by molar-refractivity contribution is 7.98. The topological polar surface area (TPSA) is 159 Å². The molecule has 12 nitrogen and oxygen atoms in total. The molecule has 2 aromatic rings. The van der Waals surface area contributed by atoms with Crippen LogP contribution in [0.25, 0.3) is 0 Å². The lowest BCUT2D eigenvalue weighted by molar-refractivity contribution is -0.0138. The van der Waals surface area contributed by atoms with Crippen LogP contribution in [0.15, 0.2) is 34.4 Å². The molecule has 0 aliphatic carbocycles. The van der Waals surface area contributed by atoms with Gasteiger partial charge in [0.15, 0.2) is 17.7 Å². The highest BCUT2D eigenvalue weighted by Crippen LogP contribution is 2.36. The summed E-state index contributed by atoms with van der Waals surface area (Å²) in [6, 6.07) is 3.82. The number of amides is 1. The smallest absolute Gasteiger partial charge is 0.267 e. The number of nitrogens with two attached hydrogens (primary N) is 1. The Kier molecular flexibility index (Phi) is 7.82. The number of carbonyl (C=O) groups excluding carboxylic acids is 1. The van der Waals surface area contributed by atoms with Crippen molar-refractivity contribution in [1.29, 1.82) is 0 Å². The van der Waals surface area contributed by atoms with Gasteiger partial charge in [-0.15, -0.1) is 0 Å². The predicted molar refractivity (Wildman–Crippen MR) is 136 cm³/mol. The zero-order valence-corrected chi connectivity index (χ0v) is 21.2. The second-order valence-corrected chi connectivity index (χ2v) is 10.6. The number of carbonyl (C=O) groups is 1. The summed E-state index contributed by atoms with van der Waals surface area (Å²) in [4.78, 5) is 24.1. The molecule has 200 valence electrons. The summed E-state index contributed by atoms with van der Waals surface area (Å²) >= 11 is 0. The van der Waals surface area contributed by atoms with E-state index in [9.17, 15) is 13.4 Å². The van der Waals surface area contributed by atoms with Crippen LogP contribution in [0.5, 0.6) is 11.5 Å². The molecule has 0 spiro atoms. The van der Waals surface area contributed by atoms with Crippen LogP contribution in [0.2, 0.25) is 0 Å². The quantitative estimate of drug-likeness (QED) is 0.253. The number of aromatic amines is 1. The molecule has 2 fully saturated rings. The Morgan fingerprint density at radius 3 is 2.65 bits per heavy atom. The fraction of sp³-hybridized carbons (Fsp3) is 0.391. The number of rotatable bonds is 8. The zero-order chi connectivity index (χ0) is 26.7. The van der Waals surface area contributed by atoms with Crippen molar-refractivity contribution >= 4 is 39.3 Å². The first-order chi connectivity index (χ1) is 17.6. The molecule has 37 heavy (non-hydrogen) atoms. The number of ether oxygens (including phenoxy) is 5. The number of H-pyrrole nitrogens is 1. The number of methoxy groups -OCH3 is 2. The molecular weight excluding hydrogens is 509 g/mol. The van der Waals surface area contributed by atoms with Gasteiger partial charge >= 0.3 is 0 Å². The van der Waals surface area contributed by atoms with Gasteiger partial charge < -0.3 is 34.4 Å². The van der Waals surface area contributed by atoms with Crippen LogP contribution in [-0.4, -0.2) is 91.2 Å². The first-order valence-electron chi connectivity index (χ1n) is 11.1. The van der Waals surface area contributed by atoms with Gasteiger partial charge in [0.05, 0.1) is 26.7 Å². The first kappa shape index (κ1) is 26.6. The molecule has 4 rings (SSSR count). The number of aliphatic imine (C=N–C) groups is 2. The summed E-state index contributed by atoms with van der Waals surface area (Å²) in [5.74, 6) is 2.41. The number of benzene rings is 1. The van der Waals surface area contributed by atoms with E-state index in [0.29, 0.717) is 6.61 Å². The minimum atomic E-state index is -2.83. The Morgan fingerprint density at radius 2 is 2.00 bits per heavy atom. The third kappa shape index (κ3) is 5.77. The molecule has 2 saturated heterocycles. The maximum absolute atomic E-state index is 14.2. The Labute approximate surface area is 213 Å².